The second kappa shape index (κ2) is 4.33. The summed E-state index contributed by atoms with van der Waals surface area (Å²) in [6.07, 6.45) is 0.0841. The zero-order chi connectivity index (χ0) is 13.3. The second-order valence-corrected chi connectivity index (χ2v) is 4.57. The molecule has 0 amide bonds. The summed E-state index contributed by atoms with van der Waals surface area (Å²) in [5, 5.41) is 22.7. The van der Waals surface area contributed by atoms with Crippen molar-refractivity contribution in [3.05, 3.63) is 29.8 Å². The molecule has 5 nitrogen and oxygen atoms in total. The lowest BCUT2D eigenvalue weighted by Crippen LogP contribution is -2.37. The van der Waals surface area contributed by atoms with Gasteiger partial charge < -0.3 is 14.9 Å². The number of aliphatic imine (C=N–C) groups is 2. The number of ether oxygens (including phenoxy) is 1. The number of hydrogen-bond donors (Lipinski definition) is 0. The van der Waals surface area contributed by atoms with E-state index in [0.29, 0.717) is 11.3 Å². The molecule has 0 bridgehead atoms. The van der Waals surface area contributed by atoms with Crippen molar-refractivity contribution in [2.75, 3.05) is 0 Å². The molecule has 0 fully saturated rings. The van der Waals surface area contributed by atoms with E-state index >= 15 is 0 Å². The molecule has 2 rings (SSSR count). The molecule has 96 valence electrons. The van der Waals surface area contributed by atoms with Gasteiger partial charge >= 0.3 is 0 Å². The molecule has 18 heavy (non-hydrogen) atoms. The van der Waals surface area contributed by atoms with Gasteiger partial charge in [0.15, 0.2) is 0 Å². The number of hydrogen-bond acceptors (Lipinski definition) is 5. The van der Waals surface area contributed by atoms with Crippen molar-refractivity contribution in [2.24, 2.45) is 9.98 Å². The number of benzene rings is 1. The first-order valence-corrected chi connectivity index (χ1v) is 5.72. The lowest BCUT2D eigenvalue weighted by Gasteiger charge is -2.27. The predicted molar refractivity (Wildman–Crippen MR) is 64.4 cm³/mol. The SMILES string of the molecule is CC(C)Oc1ccc(C2(C)N=C([O-])N=C2[O-])cc1. The van der Waals surface area contributed by atoms with Crippen LogP contribution in [0.2, 0.25) is 0 Å². The van der Waals surface area contributed by atoms with Crippen molar-refractivity contribution >= 4 is 11.9 Å². The third kappa shape index (κ3) is 2.16. The van der Waals surface area contributed by atoms with E-state index in [1.165, 1.54) is 0 Å². The van der Waals surface area contributed by atoms with Gasteiger partial charge in [0.2, 0.25) is 0 Å². The molecule has 0 saturated heterocycles. The van der Waals surface area contributed by atoms with E-state index in [-0.39, 0.29) is 6.10 Å². The zero-order valence-corrected chi connectivity index (χ0v) is 10.5. The van der Waals surface area contributed by atoms with Crippen LogP contribution in [0.25, 0.3) is 0 Å². The predicted octanol–water partition coefficient (Wildman–Crippen LogP) is 0.178. The molecular formula is C13H14N2O3-2. The first-order valence-electron chi connectivity index (χ1n) is 5.72. The van der Waals surface area contributed by atoms with Gasteiger partial charge in [-0.1, -0.05) is 12.1 Å². The Balaban J connectivity index is 2.28. The molecule has 1 heterocycles. The maximum atomic E-state index is 11.7. The Morgan fingerprint density at radius 2 is 1.78 bits per heavy atom. The first kappa shape index (κ1) is 12.4. The molecular weight excluding hydrogens is 232 g/mol. The van der Waals surface area contributed by atoms with Crippen LogP contribution in [0.1, 0.15) is 26.3 Å². The smallest absolute Gasteiger partial charge is 0.119 e. The Bertz CT molecular complexity index is 505. The van der Waals surface area contributed by atoms with E-state index < -0.39 is 17.5 Å². The van der Waals surface area contributed by atoms with Gasteiger partial charge in [0.1, 0.15) is 11.3 Å². The molecule has 0 saturated carbocycles. The number of rotatable bonds is 3. The fourth-order valence-electron chi connectivity index (χ4n) is 1.78. The first-order chi connectivity index (χ1) is 8.41. The van der Waals surface area contributed by atoms with Crippen LogP contribution in [0, 0.1) is 0 Å². The molecule has 1 unspecified atom stereocenters. The Kier molecular flexibility index (Phi) is 2.98. The summed E-state index contributed by atoms with van der Waals surface area (Å²) >= 11 is 0. The zero-order valence-electron chi connectivity index (χ0n) is 10.5. The lowest BCUT2D eigenvalue weighted by atomic mass is 9.93. The van der Waals surface area contributed by atoms with Gasteiger partial charge in [-0.15, -0.1) is 0 Å². The Labute approximate surface area is 105 Å². The quantitative estimate of drug-likeness (QED) is 0.762. The Morgan fingerprint density at radius 1 is 1.17 bits per heavy atom. The maximum Gasteiger partial charge on any atom is 0.119 e. The van der Waals surface area contributed by atoms with Crippen molar-refractivity contribution < 1.29 is 14.9 Å². The van der Waals surface area contributed by atoms with Crippen LogP contribution < -0.4 is 14.9 Å². The Morgan fingerprint density at radius 3 is 2.22 bits per heavy atom. The fourth-order valence-corrected chi connectivity index (χ4v) is 1.78. The monoisotopic (exact) mass is 246 g/mol. The summed E-state index contributed by atoms with van der Waals surface area (Å²) in [6.45, 7) is 5.45. The summed E-state index contributed by atoms with van der Waals surface area (Å²) in [6, 6.07) is 6.25. The van der Waals surface area contributed by atoms with Gasteiger partial charge in [-0.25, -0.2) is 0 Å². The third-order valence-electron chi connectivity index (χ3n) is 2.72. The molecule has 0 radical (unpaired) electrons. The highest BCUT2D eigenvalue weighted by atomic mass is 16.5. The maximum absolute atomic E-state index is 11.7. The minimum Gasteiger partial charge on any atom is -0.860 e. The van der Waals surface area contributed by atoms with Crippen molar-refractivity contribution in [1.29, 1.82) is 0 Å². The normalized spacial score (nSPS) is 22.9. The van der Waals surface area contributed by atoms with Gasteiger partial charge in [0.25, 0.3) is 0 Å². The van der Waals surface area contributed by atoms with Gasteiger partial charge in [-0.2, -0.15) is 0 Å². The van der Waals surface area contributed by atoms with Crippen molar-refractivity contribution in [3.8, 4) is 5.75 Å². The average molecular weight is 246 g/mol. The fraction of sp³-hybridized carbons (Fsp3) is 0.385. The molecule has 1 aliphatic rings. The highest BCUT2D eigenvalue weighted by molar-refractivity contribution is 5.98. The number of nitrogens with zero attached hydrogens (tertiary/aromatic N) is 2. The summed E-state index contributed by atoms with van der Waals surface area (Å²) in [7, 11) is 0. The van der Waals surface area contributed by atoms with Gasteiger partial charge in [-0.3, -0.25) is 9.98 Å². The molecule has 0 spiro atoms. The lowest BCUT2D eigenvalue weighted by molar-refractivity contribution is -0.226. The topological polar surface area (TPSA) is 80.1 Å². The van der Waals surface area contributed by atoms with Crippen LogP contribution in [-0.4, -0.2) is 18.0 Å². The van der Waals surface area contributed by atoms with Crippen molar-refractivity contribution in [2.45, 2.75) is 32.4 Å². The van der Waals surface area contributed by atoms with Crippen LogP contribution in [0.5, 0.6) is 5.75 Å². The minimum absolute atomic E-state index is 0.0841. The van der Waals surface area contributed by atoms with E-state index in [1.54, 1.807) is 31.2 Å². The van der Waals surface area contributed by atoms with Gasteiger partial charge in [0.05, 0.1) is 12.1 Å². The van der Waals surface area contributed by atoms with Crippen LogP contribution >= 0.6 is 0 Å². The highest BCUT2D eigenvalue weighted by Crippen LogP contribution is 2.30. The summed E-state index contributed by atoms with van der Waals surface area (Å²) in [5.41, 5.74) is -0.550. The molecule has 0 aromatic heterocycles. The molecule has 1 aromatic carbocycles. The molecule has 0 N–H and O–H groups in total. The average Bonchev–Trinajstić information content (AvgIpc) is 2.53. The molecule has 1 atom stereocenters. The van der Waals surface area contributed by atoms with Crippen LogP contribution in [0.15, 0.2) is 34.3 Å². The van der Waals surface area contributed by atoms with Crippen LogP contribution in [0.3, 0.4) is 0 Å². The van der Waals surface area contributed by atoms with Crippen molar-refractivity contribution in [3.63, 3.8) is 0 Å². The van der Waals surface area contributed by atoms with Gasteiger partial charge in [-0.05, 0) is 44.4 Å². The molecule has 1 aliphatic heterocycles. The molecule has 5 heteroatoms. The number of amidine groups is 1. The van der Waals surface area contributed by atoms with E-state index in [2.05, 4.69) is 9.98 Å². The van der Waals surface area contributed by atoms with Gasteiger partial charge in [0, 0.05) is 0 Å². The van der Waals surface area contributed by atoms with E-state index in [4.69, 9.17) is 4.74 Å². The Hall–Kier alpha value is -2.04. The minimum atomic E-state index is -1.19. The highest BCUT2D eigenvalue weighted by Gasteiger charge is 2.29. The van der Waals surface area contributed by atoms with Crippen molar-refractivity contribution in [1.82, 2.24) is 0 Å². The van der Waals surface area contributed by atoms with E-state index in [9.17, 15) is 10.2 Å². The standard InChI is InChI=1S/C13H16N2O3/c1-8(2)18-10-6-4-9(5-7-10)13(3)11(16)14-12(17)15-13/h4-8H,1-3H3,(H2,14,15,16,17)/p-2. The van der Waals surface area contributed by atoms with E-state index in [0.717, 1.165) is 0 Å². The van der Waals surface area contributed by atoms with Crippen LogP contribution in [-0.2, 0) is 5.54 Å². The molecule has 0 aliphatic carbocycles. The van der Waals surface area contributed by atoms with E-state index in [1.807, 2.05) is 13.8 Å². The second-order valence-electron chi connectivity index (χ2n) is 4.57. The summed E-state index contributed by atoms with van der Waals surface area (Å²) in [5.74, 6) is 0.191. The largest absolute Gasteiger partial charge is 0.860 e. The summed E-state index contributed by atoms with van der Waals surface area (Å²) in [4.78, 5) is 7.08. The third-order valence-corrected chi connectivity index (χ3v) is 2.72. The van der Waals surface area contributed by atoms with Crippen LogP contribution in [0.4, 0.5) is 0 Å². The summed E-state index contributed by atoms with van der Waals surface area (Å²) < 4.78 is 5.51. The molecule has 1 aromatic rings.